The second-order valence-corrected chi connectivity index (χ2v) is 10.3. The fourth-order valence-electron chi connectivity index (χ4n) is 5.16. The van der Waals surface area contributed by atoms with Crippen LogP contribution in [0.4, 0.5) is 0 Å². The van der Waals surface area contributed by atoms with Gasteiger partial charge in [0.05, 0.1) is 13.5 Å². The molecule has 8 nitrogen and oxygen atoms in total. The van der Waals surface area contributed by atoms with E-state index < -0.39 is 0 Å². The number of nitrogens with one attached hydrogen (secondary N) is 4. The first-order valence-corrected chi connectivity index (χ1v) is 14.0. The van der Waals surface area contributed by atoms with E-state index in [2.05, 4.69) is 20.3 Å². The first-order chi connectivity index (χ1) is 19.3. The highest BCUT2D eigenvalue weighted by Crippen LogP contribution is 2.28. The number of fused-ring (bicyclic) bond motifs is 1. The molecule has 0 radical (unpaired) electrons. The highest BCUT2D eigenvalue weighted by Gasteiger charge is 2.25. The van der Waals surface area contributed by atoms with E-state index in [0.29, 0.717) is 24.8 Å². The fraction of sp³-hybridized carbons (Fsp3) is 0.375. The summed E-state index contributed by atoms with van der Waals surface area (Å²) >= 11 is 0. The van der Waals surface area contributed by atoms with Crippen LogP contribution in [0.2, 0.25) is 0 Å². The van der Waals surface area contributed by atoms with Crippen molar-refractivity contribution >= 4 is 28.4 Å². The van der Waals surface area contributed by atoms with Gasteiger partial charge in [0.25, 0.3) is 5.82 Å². The molecule has 0 bridgehead atoms. The molecule has 2 aromatic heterocycles. The second-order valence-electron chi connectivity index (χ2n) is 10.3. The average molecular weight is 544 g/mol. The topological polar surface area (TPSA) is 118 Å². The molecule has 0 saturated carbocycles. The number of aromatic nitrogens is 3. The van der Waals surface area contributed by atoms with Crippen LogP contribution in [0, 0.1) is 6.92 Å². The van der Waals surface area contributed by atoms with Crippen LogP contribution in [0.5, 0.6) is 5.75 Å². The number of carbonyl (C=O) groups excluding carboxylic acids is 3. The zero-order valence-corrected chi connectivity index (χ0v) is 23.8. The average Bonchev–Trinajstić information content (AvgIpc) is 3.56. The molecule has 4 aromatic rings. The molecule has 0 aliphatic heterocycles. The van der Waals surface area contributed by atoms with E-state index in [9.17, 15) is 14.4 Å². The number of aromatic amines is 3. The maximum absolute atomic E-state index is 13.4. The van der Waals surface area contributed by atoms with Gasteiger partial charge in [-0.25, -0.2) is 9.97 Å². The molecule has 0 unspecified atom stereocenters. The lowest BCUT2D eigenvalue weighted by Gasteiger charge is -2.14. The summed E-state index contributed by atoms with van der Waals surface area (Å²) in [5.41, 5.74) is 5.08. The number of amides is 1. The van der Waals surface area contributed by atoms with Crippen LogP contribution >= 0.6 is 0 Å². The molecule has 0 aliphatic rings. The number of methoxy groups -OCH3 is 1. The number of carbonyl (C=O) groups is 3. The summed E-state index contributed by atoms with van der Waals surface area (Å²) in [7, 11) is 1.63. The Morgan fingerprint density at radius 1 is 1.05 bits per heavy atom. The highest BCUT2D eigenvalue weighted by atomic mass is 16.5. The van der Waals surface area contributed by atoms with Crippen LogP contribution in [-0.4, -0.2) is 34.6 Å². The normalized spacial score (nSPS) is 11.9. The minimum atomic E-state index is -0.285. The summed E-state index contributed by atoms with van der Waals surface area (Å²) in [5, 5.41) is 4.20. The van der Waals surface area contributed by atoms with Crippen molar-refractivity contribution in [2.45, 2.75) is 71.8 Å². The molecule has 0 saturated heterocycles. The molecule has 2 heterocycles. The minimum Gasteiger partial charge on any atom is -0.497 e. The number of ketones is 2. The first-order valence-electron chi connectivity index (χ1n) is 14.0. The Hall–Kier alpha value is -4.20. The molecule has 0 fully saturated rings. The van der Waals surface area contributed by atoms with Gasteiger partial charge in [-0.05, 0) is 56.5 Å². The Balaban J connectivity index is 1.54. The Kier molecular flexibility index (Phi) is 9.53. The van der Waals surface area contributed by atoms with Crippen molar-refractivity contribution in [1.29, 1.82) is 0 Å². The maximum atomic E-state index is 13.4. The smallest absolute Gasteiger partial charge is 0.275 e. The lowest BCUT2D eigenvalue weighted by atomic mass is 10.0. The van der Waals surface area contributed by atoms with E-state index in [0.717, 1.165) is 64.3 Å². The lowest BCUT2D eigenvalue weighted by Crippen LogP contribution is -2.33. The number of H-pyrrole nitrogens is 3. The van der Waals surface area contributed by atoms with Gasteiger partial charge in [-0.15, -0.1) is 0 Å². The number of aryl methyl sites for hydroxylation is 1. The Morgan fingerprint density at radius 3 is 2.60 bits per heavy atom. The Labute approximate surface area is 234 Å². The lowest BCUT2D eigenvalue weighted by molar-refractivity contribution is -0.391. The third kappa shape index (κ3) is 6.86. The van der Waals surface area contributed by atoms with Crippen molar-refractivity contribution in [1.82, 2.24) is 15.3 Å². The number of benzene rings is 2. The van der Waals surface area contributed by atoms with E-state index in [-0.39, 0.29) is 29.9 Å². The molecule has 0 spiro atoms. The van der Waals surface area contributed by atoms with Crippen LogP contribution in [0.3, 0.4) is 0 Å². The van der Waals surface area contributed by atoms with Crippen LogP contribution in [0.15, 0.2) is 48.7 Å². The van der Waals surface area contributed by atoms with Gasteiger partial charge in [-0.2, -0.15) is 0 Å². The van der Waals surface area contributed by atoms with Gasteiger partial charge in [-0.3, -0.25) is 14.4 Å². The summed E-state index contributed by atoms with van der Waals surface area (Å²) in [6.07, 6.45) is 6.54. The molecule has 4 N–H and O–H groups in total. The Bertz CT molecular complexity index is 1500. The fourth-order valence-corrected chi connectivity index (χ4v) is 5.16. The predicted octanol–water partition coefficient (Wildman–Crippen LogP) is 5.83. The summed E-state index contributed by atoms with van der Waals surface area (Å²) in [6.45, 7) is 5.42. The molecule has 8 heteroatoms. The van der Waals surface area contributed by atoms with Crippen LogP contribution in [-0.2, 0) is 16.0 Å². The van der Waals surface area contributed by atoms with Crippen molar-refractivity contribution in [3.8, 4) is 17.0 Å². The summed E-state index contributed by atoms with van der Waals surface area (Å²) in [6, 6.07) is 13.0. The van der Waals surface area contributed by atoms with Crippen LogP contribution in [0.25, 0.3) is 22.2 Å². The molecule has 1 atom stereocenters. The second kappa shape index (κ2) is 13.2. The number of rotatable bonds is 14. The predicted molar refractivity (Wildman–Crippen MR) is 155 cm³/mol. The highest BCUT2D eigenvalue weighted by molar-refractivity contribution is 6.00. The van der Waals surface area contributed by atoms with Crippen molar-refractivity contribution in [2.24, 2.45) is 0 Å². The largest absolute Gasteiger partial charge is 0.497 e. The van der Waals surface area contributed by atoms with Gasteiger partial charge in [0.15, 0.2) is 11.5 Å². The molecule has 40 heavy (non-hydrogen) atoms. The summed E-state index contributed by atoms with van der Waals surface area (Å²) in [4.78, 5) is 47.4. The number of hydrogen-bond donors (Lipinski definition) is 3. The van der Waals surface area contributed by atoms with Crippen molar-refractivity contribution in [2.75, 3.05) is 7.11 Å². The van der Waals surface area contributed by atoms with Gasteiger partial charge in [0, 0.05) is 40.6 Å². The van der Waals surface area contributed by atoms with Gasteiger partial charge < -0.3 is 15.0 Å². The number of hydrogen-bond acceptors (Lipinski definition) is 4. The number of imidazole rings is 1. The molecular formula is C32H39N4O4+. The summed E-state index contributed by atoms with van der Waals surface area (Å²) < 4.78 is 5.40. The van der Waals surface area contributed by atoms with E-state index in [1.807, 2.05) is 62.5 Å². The van der Waals surface area contributed by atoms with Crippen LogP contribution in [0.1, 0.15) is 85.9 Å². The van der Waals surface area contributed by atoms with Crippen molar-refractivity contribution in [3.05, 3.63) is 71.3 Å². The van der Waals surface area contributed by atoms with E-state index >= 15 is 0 Å². The molecule has 0 aliphatic carbocycles. The SMILES string of the molecule is CCC(=O)CCCCC[C@H](NC(=O)Cc1c(C)[nH]c2ccc(OC)cc12)c1[nH]c(-c2ccccc2C(C)=O)c[nH+]1. The third-order valence-corrected chi connectivity index (χ3v) is 7.43. The molecular weight excluding hydrogens is 504 g/mol. The van der Waals surface area contributed by atoms with E-state index in [1.165, 1.54) is 0 Å². The number of unbranched alkanes of at least 4 members (excludes halogenated alkanes) is 2. The standard InChI is InChI=1S/C32H38N4O4/c1-5-22(38)11-7-6-8-14-29(32-33-19-30(36-32)25-13-10-9-12-24(25)21(3)37)35-31(39)18-26-20(2)34-28-16-15-23(40-4)17-27(26)28/h9-10,12-13,15-17,19,29,34H,5-8,11,14,18H2,1-4H3,(H,33,36)(H,35,39)/p+1/t29-/m0/s1. The van der Waals surface area contributed by atoms with E-state index in [4.69, 9.17) is 4.74 Å². The van der Waals surface area contributed by atoms with Crippen LogP contribution < -0.4 is 15.0 Å². The summed E-state index contributed by atoms with van der Waals surface area (Å²) in [5.74, 6) is 1.69. The van der Waals surface area contributed by atoms with Gasteiger partial charge in [0.2, 0.25) is 5.91 Å². The zero-order valence-electron chi connectivity index (χ0n) is 23.8. The number of ether oxygens (including phenoxy) is 1. The van der Waals surface area contributed by atoms with E-state index in [1.54, 1.807) is 14.0 Å². The maximum Gasteiger partial charge on any atom is 0.275 e. The zero-order chi connectivity index (χ0) is 28.6. The minimum absolute atomic E-state index is 0.0102. The van der Waals surface area contributed by atoms with Crippen molar-refractivity contribution < 1.29 is 24.1 Å². The Morgan fingerprint density at radius 2 is 1.85 bits per heavy atom. The molecule has 210 valence electrons. The first kappa shape index (κ1) is 28.8. The number of Topliss-reactive ketones (excluding diaryl/α,β-unsaturated/α-hetero) is 2. The van der Waals surface area contributed by atoms with Gasteiger partial charge >= 0.3 is 0 Å². The third-order valence-electron chi connectivity index (χ3n) is 7.43. The molecule has 2 aromatic carbocycles. The quantitative estimate of drug-likeness (QED) is 0.137. The van der Waals surface area contributed by atoms with Crippen molar-refractivity contribution in [3.63, 3.8) is 0 Å². The molecule has 4 rings (SSSR count). The molecule has 1 amide bonds. The van der Waals surface area contributed by atoms with Gasteiger partial charge in [-0.1, -0.05) is 38.0 Å². The van der Waals surface area contributed by atoms with Gasteiger partial charge in [0.1, 0.15) is 23.8 Å². The monoisotopic (exact) mass is 543 g/mol.